The molecule has 0 spiro atoms. The summed E-state index contributed by atoms with van der Waals surface area (Å²) in [6, 6.07) is 6.94. The molecule has 1 aromatic carbocycles. The van der Waals surface area contributed by atoms with Crippen LogP contribution in [-0.4, -0.2) is 6.54 Å². The van der Waals surface area contributed by atoms with Gasteiger partial charge < -0.3 is 5.73 Å². The van der Waals surface area contributed by atoms with Gasteiger partial charge in [-0.15, -0.1) is 0 Å². The van der Waals surface area contributed by atoms with Crippen LogP contribution in [0.5, 0.6) is 0 Å². The molecule has 0 aliphatic heterocycles. The van der Waals surface area contributed by atoms with Crippen molar-refractivity contribution in [3.63, 3.8) is 0 Å². The molecule has 2 N–H and O–H groups in total. The maximum atomic E-state index is 13.2. The molecular weight excluding hydrogens is 201 g/mol. The number of nitrogens with two attached hydrogens (primary N) is 1. The second-order valence-electron chi connectivity index (χ2n) is 4.80. The summed E-state index contributed by atoms with van der Waals surface area (Å²) in [6.07, 6.45) is 6.45. The first-order valence-corrected chi connectivity index (χ1v) is 6.27. The molecule has 88 valence electrons. The SMILES string of the molecule is NCC(c1cccc(F)c1)C1CCCCC1. The van der Waals surface area contributed by atoms with E-state index in [9.17, 15) is 4.39 Å². The van der Waals surface area contributed by atoms with E-state index in [1.807, 2.05) is 6.07 Å². The largest absolute Gasteiger partial charge is 0.330 e. The lowest BCUT2D eigenvalue weighted by atomic mass is 9.77. The van der Waals surface area contributed by atoms with Crippen molar-refractivity contribution in [1.82, 2.24) is 0 Å². The van der Waals surface area contributed by atoms with Crippen molar-refractivity contribution >= 4 is 0 Å². The normalized spacial score (nSPS) is 19.6. The molecule has 1 aliphatic carbocycles. The van der Waals surface area contributed by atoms with E-state index in [-0.39, 0.29) is 5.82 Å². The third-order valence-electron chi connectivity index (χ3n) is 3.75. The molecule has 1 aromatic rings. The van der Waals surface area contributed by atoms with Gasteiger partial charge in [-0.05, 0) is 48.9 Å². The van der Waals surface area contributed by atoms with Crippen molar-refractivity contribution in [2.45, 2.75) is 38.0 Å². The molecule has 1 fully saturated rings. The van der Waals surface area contributed by atoms with E-state index in [1.165, 1.54) is 38.2 Å². The van der Waals surface area contributed by atoms with Crippen LogP contribution < -0.4 is 5.73 Å². The van der Waals surface area contributed by atoms with Crippen LogP contribution in [0.3, 0.4) is 0 Å². The Labute approximate surface area is 96.9 Å². The van der Waals surface area contributed by atoms with Gasteiger partial charge in [0.25, 0.3) is 0 Å². The molecule has 1 unspecified atom stereocenters. The lowest BCUT2D eigenvalue weighted by Gasteiger charge is -2.29. The quantitative estimate of drug-likeness (QED) is 0.831. The van der Waals surface area contributed by atoms with E-state index in [1.54, 1.807) is 12.1 Å². The molecule has 0 heterocycles. The van der Waals surface area contributed by atoms with Crippen LogP contribution in [0.1, 0.15) is 43.6 Å². The van der Waals surface area contributed by atoms with E-state index in [0.29, 0.717) is 18.4 Å². The maximum Gasteiger partial charge on any atom is 0.123 e. The molecule has 1 aliphatic rings. The molecule has 1 saturated carbocycles. The Hall–Kier alpha value is -0.890. The summed E-state index contributed by atoms with van der Waals surface area (Å²) in [7, 11) is 0. The van der Waals surface area contributed by atoms with Crippen molar-refractivity contribution in [3.8, 4) is 0 Å². The van der Waals surface area contributed by atoms with Crippen LogP contribution in [0.4, 0.5) is 4.39 Å². The topological polar surface area (TPSA) is 26.0 Å². The molecular formula is C14H20FN. The molecule has 1 atom stereocenters. The molecule has 1 nitrogen and oxygen atoms in total. The highest BCUT2D eigenvalue weighted by Gasteiger charge is 2.23. The maximum absolute atomic E-state index is 13.2. The predicted octanol–water partition coefficient (Wildman–Crippen LogP) is 3.45. The standard InChI is InChI=1S/C14H20FN/c15-13-8-4-7-12(9-13)14(10-16)11-5-2-1-3-6-11/h4,7-9,11,14H,1-3,5-6,10,16H2. The molecule has 0 bridgehead atoms. The Bertz CT molecular complexity index is 331. The van der Waals surface area contributed by atoms with Gasteiger partial charge in [-0.1, -0.05) is 31.4 Å². The molecule has 0 aromatic heterocycles. The minimum atomic E-state index is -0.147. The molecule has 0 saturated heterocycles. The first-order valence-electron chi connectivity index (χ1n) is 6.27. The summed E-state index contributed by atoms with van der Waals surface area (Å²) in [5, 5.41) is 0. The van der Waals surface area contributed by atoms with E-state index in [4.69, 9.17) is 5.73 Å². The number of halogens is 1. The van der Waals surface area contributed by atoms with Crippen LogP contribution >= 0.6 is 0 Å². The zero-order valence-electron chi connectivity index (χ0n) is 9.66. The molecule has 2 rings (SSSR count). The van der Waals surface area contributed by atoms with Crippen molar-refractivity contribution in [2.75, 3.05) is 6.54 Å². The highest BCUT2D eigenvalue weighted by molar-refractivity contribution is 5.22. The van der Waals surface area contributed by atoms with E-state index in [0.717, 1.165) is 5.56 Å². The summed E-state index contributed by atoms with van der Waals surface area (Å²) in [5.74, 6) is 0.850. The van der Waals surface area contributed by atoms with Crippen molar-refractivity contribution < 1.29 is 4.39 Å². The fourth-order valence-electron chi connectivity index (χ4n) is 2.87. The smallest absolute Gasteiger partial charge is 0.123 e. The number of hydrogen-bond acceptors (Lipinski definition) is 1. The lowest BCUT2D eigenvalue weighted by Crippen LogP contribution is -2.23. The van der Waals surface area contributed by atoms with Crippen LogP contribution in [0.15, 0.2) is 24.3 Å². The fraction of sp³-hybridized carbons (Fsp3) is 0.571. The molecule has 0 radical (unpaired) electrons. The van der Waals surface area contributed by atoms with Gasteiger partial charge in [-0.3, -0.25) is 0 Å². The van der Waals surface area contributed by atoms with Gasteiger partial charge in [-0.2, -0.15) is 0 Å². The lowest BCUT2D eigenvalue weighted by molar-refractivity contribution is 0.307. The molecule has 0 amide bonds. The van der Waals surface area contributed by atoms with Crippen molar-refractivity contribution in [2.24, 2.45) is 11.7 Å². The Kier molecular flexibility index (Phi) is 3.94. The highest BCUT2D eigenvalue weighted by atomic mass is 19.1. The Morgan fingerprint density at radius 3 is 2.62 bits per heavy atom. The fourth-order valence-corrected chi connectivity index (χ4v) is 2.87. The van der Waals surface area contributed by atoms with Crippen LogP contribution in [0.2, 0.25) is 0 Å². The molecule has 2 heteroatoms. The summed E-state index contributed by atoms with van der Waals surface area (Å²) in [5.41, 5.74) is 6.94. The van der Waals surface area contributed by atoms with Crippen molar-refractivity contribution in [1.29, 1.82) is 0 Å². The van der Waals surface area contributed by atoms with Gasteiger partial charge in [0.05, 0.1) is 0 Å². The van der Waals surface area contributed by atoms with Gasteiger partial charge >= 0.3 is 0 Å². The van der Waals surface area contributed by atoms with E-state index >= 15 is 0 Å². The summed E-state index contributed by atoms with van der Waals surface area (Å²) in [6.45, 7) is 0.633. The minimum absolute atomic E-state index is 0.147. The van der Waals surface area contributed by atoms with Gasteiger partial charge in [0.2, 0.25) is 0 Å². The average Bonchev–Trinajstić information content (AvgIpc) is 2.31. The summed E-state index contributed by atoms with van der Waals surface area (Å²) in [4.78, 5) is 0. The number of benzene rings is 1. The second-order valence-corrected chi connectivity index (χ2v) is 4.80. The Balaban J connectivity index is 2.14. The average molecular weight is 221 g/mol. The third-order valence-corrected chi connectivity index (χ3v) is 3.75. The van der Waals surface area contributed by atoms with Crippen LogP contribution in [0, 0.1) is 11.7 Å². The minimum Gasteiger partial charge on any atom is -0.330 e. The predicted molar refractivity (Wildman–Crippen MR) is 64.8 cm³/mol. The number of rotatable bonds is 3. The van der Waals surface area contributed by atoms with Crippen LogP contribution in [0.25, 0.3) is 0 Å². The second kappa shape index (κ2) is 5.44. The summed E-state index contributed by atoms with van der Waals surface area (Å²) >= 11 is 0. The van der Waals surface area contributed by atoms with Gasteiger partial charge in [-0.25, -0.2) is 4.39 Å². The first kappa shape index (κ1) is 11.6. The van der Waals surface area contributed by atoms with Gasteiger partial charge in [0.15, 0.2) is 0 Å². The zero-order chi connectivity index (χ0) is 11.4. The van der Waals surface area contributed by atoms with Gasteiger partial charge in [0, 0.05) is 0 Å². The van der Waals surface area contributed by atoms with E-state index < -0.39 is 0 Å². The summed E-state index contributed by atoms with van der Waals surface area (Å²) < 4.78 is 13.2. The van der Waals surface area contributed by atoms with Gasteiger partial charge in [0.1, 0.15) is 5.82 Å². The van der Waals surface area contributed by atoms with Crippen molar-refractivity contribution in [3.05, 3.63) is 35.6 Å². The first-order chi connectivity index (χ1) is 7.81. The Morgan fingerprint density at radius 1 is 1.25 bits per heavy atom. The third kappa shape index (κ3) is 2.62. The Morgan fingerprint density at radius 2 is 2.00 bits per heavy atom. The molecule has 16 heavy (non-hydrogen) atoms. The van der Waals surface area contributed by atoms with E-state index in [2.05, 4.69) is 0 Å². The highest BCUT2D eigenvalue weighted by Crippen LogP contribution is 2.35. The monoisotopic (exact) mass is 221 g/mol. The zero-order valence-corrected chi connectivity index (χ0v) is 9.66. The van der Waals surface area contributed by atoms with Crippen LogP contribution in [-0.2, 0) is 0 Å². The number of hydrogen-bond donors (Lipinski definition) is 1.